The van der Waals surface area contributed by atoms with Crippen LogP contribution >= 0.6 is 0 Å². The van der Waals surface area contributed by atoms with Crippen molar-refractivity contribution in [1.82, 2.24) is 10.2 Å². The second-order valence-corrected chi connectivity index (χ2v) is 5.34. The number of hydrogen-bond acceptors (Lipinski definition) is 2. The van der Waals surface area contributed by atoms with Crippen LogP contribution in [0.25, 0.3) is 0 Å². The minimum atomic E-state index is 0.863. The van der Waals surface area contributed by atoms with E-state index in [-0.39, 0.29) is 0 Å². The van der Waals surface area contributed by atoms with Gasteiger partial charge in [-0.25, -0.2) is 0 Å². The predicted molar refractivity (Wildman–Crippen MR) is 69.7 cm³/mol. The molecule has 0 aromatic heterocycles. The van der Waals surface area contributed by atoms with Gasteiger partial charge in [-0.2, -0.15) is 0 Å². The Hall–Kier alpha value is -0.340. The highest BCUT2D eigenvalue weighted by atomic mass is 15.1. The molecular formula is C14H26N2. The van der Waals surface area contributed by atoms with Gasteiger partial charge in [0.05, 0.1) is 0 Å². The summed E-state index contributed by atoms with van der Waals surface area (Å²) in [6.45, 7) is 9.32. The largest absolute Gasteiger partial charge is 0.309 e. The number of nitrogens with one attached hydrogen (secondary N) is 1. The third-order valence-corrected chi connectivity index (χ3v) is 4.22. The topological polar surface area (TPSA) is 15.3 Å². The zero-order valence-electron chi connectivity index (χ0n) is 10.9. The molecule has 16 heavy (non-hydrogen) atoms. The van der Waals surface area contributed by atoms with Crippen molar-refractivity contribution in [3.05, 3.63) is 11.1 Å². The van der Waals surface area contributed by atoms with E-state index < -0.39 is 0 Å². The molecule has 1 N–H and O–H groups in total. The first-order valence-electron chi connectivity index (χ1n) is 6.93. The van der Waals surface area contributed by atoms with Gasteiger partial charge < -0.3 is 5.32 Å². The summed E-state index contributed by atoms with van der Waals surface area (Å²) in [4.78, 5) is 2.69. The van der Waals surface area contributed by atoms with Gasteiger partial charge in [0.15, 0.2) is 0 Å². The van der Waals surface area contributed by atoms with Gasteiger partial charge in [-0.05, 0) is 31.9 Å². The zero-order chi connectivity index (χ0) is 11.4. The normalized spacial score (nSPS) is 22.3. The fourth-order valence-corrected chi connectivity index (χ4v) is 2.91. The van der Waals surface area contributed by atoms with E-state index in [0.717, 1.165) is 19.1 Å². The highest BCUT2D eigenvalue weighted by Gasteiger charge is 2.21. The second kappa shape index (κ2) is 5.83. The molecule has 92 valence electrons. The molecule has 1 saturated heterocycles. The molecule has 2 fully saturated rings. The number of hydrogen-bond donors (Lipinski definition) is 1. The summed E-state index contributed by atoms with van der Waals surface area (Å²) in [6, 6.07) is 0.863. The Morgan fingerprint density at radius 3 is 2.44 bits per heavy atom. The first kappa shape index (κ1) is 12.1. The first-order chi connectivity index (χ1) is 7.81. The summed E-state index contributed by atoms with van der Waals surface area (Å²) >= 11 is 0. The van der Waals surface area contributed by atoms with Gasteiger partial charge in [-0.1, -0.05) is 31.8 Å². The standard InChI is InChI=1S/C14H26N2/c1-3-16(14-7-5-4-6-8-14)11-12(2)13-9-15-10-13/h14-15H,3-11H2,1-2H3. The van der Waals surface area contributed by atoms with Crippen molar-refractivity contribution in [2.24, 2.45) is 0 Å². The summed E-state index contributed by atoms with van der Waals surface area (Å²) in [5.41, 5.74) is 3.26. The lowest BCUT2D eigenvalue weighted by molar-refractivity contribution is 0.176. The molecule has 1 aliphatic carbocycles. The van der Waals surface area contributed by atoms with Gasteiger partial charge in [0.25, 0.3) is 0 Å². The summed E-state index contributed by atoms with van der Waals surface area (Å²) in [5, 5.41) is 3.34. The Morgan fingerprint density at radius 1 is 1.25 bits per heavy atom. The van der Waals surface area contributed by atoms with Crippen LogP contribution < -0.4 is 5.32 Å². The van der Waals surface area contributed by atoms with Crippen LogP contribution in [0.3, 0.4) is 0 Å². The zero-order valence-corrected chi connectivity index (χ0v) is 10.9. The van der Waals surface area contributed by atoms with E-state index >= 15 is 0 Å². The molecule has 1 saturated carbocycles. The highest BCUT2D eigenvalue weighted by Crippen LogP contribution is 2.23. The summed E-state index contributed by atoms with van der Waals surface area (Å²) in [5.74, 6) is 0. The van der Waals surface area contributed by atoms with Crippen molar-refractivity contribution in [1.29, 1.82) is 0 Å². The molecule has 0 spiro atoms. The van der Waals surface area contributed by atoms with Crippen LogP contribution in [-0.2, 0) is 0 Å². The van der Waals surface area contributed by atoms with Crippen molar-refractivity contribution in [3.8, 4) is 0 Å². The van der Waals surface area contributed by atoms with E-state index in [2.05, 4.69) is 24.1 Å². The molecule has 0 atom stereocenters. The van der Waals surface area contributed by atoms with Gasteiger partial charge in [-0.3, -0.25) is 4.90 Å². The molecule has 2 nitrogen and oxygen atoms in total. The van der Waals surface area contributed by atoms with E-state index in [1.807, 2.05) is 0 Å². The smallest absolute Gasteiger partial charge is 0.0196 e. The van der Waals surface area contributed by atoms with E-state index in [4.69, 9.17) is 0 Å². The molecule has 0 amide bonds. The third-order valence-electron chi connectivity index (χ3n) is 4.22. The molecule has 2 aliphatic rings. The Morgan fingerprint density at radius 2 is 1.94 bits per heavy atom. The Kier molecular flexibility index (Phi) is 4.42. The van der Waals surface area contributed by atoms with Crippen molar-refractivity contribution in [2.45, 2.75) is 52.0 Å². The van der Waals surface area contributed by atoms with Gasteiger partial charge in [0.2, 0.25) is 0 Å². The SMILES string of the molecule is CCN(CC(C)=C1CNC1)C1CCCCC1. The Bertz CT molecular complexity index is 245. The molecule has 1 heterocycles. The molecule has 0 unspecified atom stereocenters. The second-order valence-electron chi connectivity index (χ2n) is 5.34. The van der Waals surface area contributed by atoms with Crippen LogP contribution in [0.2, 0.25) is 0 Å². The Balaban J connectivity index is 1.88. The average molecular weight is 222 g/mol. The number of likely N-dealkylation sites (N-methyl/N-ethyl adjacent to an activating group) is 1. The average Bonchev–Trinajstić information content (AvgIpc) is 2.24. The van der Waals surface area contributed by atoms with Crippen LogP contribution in [0.15, 0.2) is 11.1 Å². The minimum absolute atomic E-state index is 0.863. The maximum Gasteiger partial charge on any atom is 0.0196 e. The molecule has 0 bridgehead atoms. The maximum absolute atomic E-state index is 3.34. The molecule has 0 aromatic rings. The predicted octanol–water partition coefficient (Wildman–Crippen LogP) is 2.56. The van der Waals surface area contributed by atoms with Crippen LogP contribution in [0.4, 0.5) is 0 Å². The lowest BCUT2D eigenvalue weighted by atomic mass is 9.93. The Labute approximate surface area is 100 Å². The molecule has 0 radical (unpaired) electrons. The van der Waals surface area contributed by atoms with Gasteiger partial charge in [0, 0.05) is 25.7 Å². The quantitative estimate of drug-likeness (QED) is 0.735. The first-order valence-corrected chi connectivity index (χ1v) is 6.93. The van der Waals surface area contributed by atoms with E-state index in [1.165, 1.54) is 45.2 Å². The highest BCUT2D eigenvalue weighted by molar-refractivity contribution is 5.22. The maximum atomic E-state index is 3.34. The molecule has 2 rings (SSSR count). The van der Waals surface area contributed by atoms with Crippen LogP contribution in [0.1, 0.15) is 46.0 Å². The van der Waals surface area contributed by atoms with E-state index in [9.17, 15) is 0 Å². The fourth-order valence-electron chi connectivity index (χ4n) is 2.91. The van der Waals surface area contributed by atoms with Gasteiger partial charge >= 0.3 is 0 Å². The molecule has 2 heteroatoms. The van der Waals surface area contributed by atoms with Gasteiger partial charge in [0.1, 0.15) is 0 Å². The molecule has 0 aromatic carbocycles. The summed E-state index contributed by atoms with van der Waals surface area (Å²) < 4.78 is 0. The monoisotopic (exact) mass is 222 g/mol. The van der Waals surface area contributed by atoms with Crippen molar-refractivity contribution in [3.63, 3.8) is 0 Å². The lowest BCUT2D eigenvalue weighted by Gasteiger charge is -2.35. The van der Waals surface area contributed by atoms with Crippen molar-refractivity contribution >= 4 is 0 Å². The number of nitrogens with zero attached hydrogens (tertiary/aromatic N) is 1. The van der Waals surface area contributed by atoms with Gasteiger partial charge in [-0.15, -0.1) is 0 Å². The fraction of sp³-hybridized carbons (Fsp3) is 0.857. The molecular weight excluding hydrogens is 196 g/mol. The third kappa shape index (κ3) is 2.86. The lowest BCUT2D eigenvalue weighted by Crippen LogP contribution is -2.40. The van der Waals surface area contributed by atoms with E-state index in [0.29, 0.717) is 0 Å². The molecule has 1 aliphatic heterocycles. The van der Waals surface area contributed by atoms with Crippen LogP contribution in [0, 0.1) is 0 Å². The van der Waals surface area contributed by atoms with Crippen molar-refractivity contribution < 1.29 is 0 Å². The van der Waals surface area contributed by atoms with Crippen LogP contribution in [-0.4, -0.2) is 37.1 Å². The summed E-state index contributed by atoms with van der Waals surface area (Å²) in [6.07, 6.45) is 7.19. The number of rotatable bonds is 4. The van der Waals surface area contributed by atoms with Crippen molar-refractivity contribution in [2.75, 3.05) is 26.2 Å². The van der Waals surface area contributed by atoms with Crippen LogP contribution in [0.5, 0.6) is 0 Å². The summed E-state index contributed by atoms with van der Waals surface area (Å²) in [7, 11) is 0. The van der Waals surface area contributed by atoms with E-state index in [1.54, 1.807) is 11.1 Å². The minimum Gasteiger partial charge on any atom is -0.309 e.